The monoisotopic (exact) mass is 174 g/mol. The average molecular weight is 174 g/mol. The van der Waals surface area contributed by atoms with Gasteiger partial charge in [-0.3, -0.25) is 5.32 Å². The van der Waals surface area contributed by atoms with Gasteiger partial charge in [0.25, 0.3) is 0 Å². The first-order chi connectivity index (χ1) is 6.40. The Hall–Kier alpha value is -1.60. The van der Waals surface area contributed by atoms with Crippen molar-refractivity contribution >= 4 is 6.08 Å². The van der Waals surface area contributed by atoms with Gasteiger partial charge in [0.05, 0.1) is 18.4 Å². The van der Waals surface area contributed by atoms with Gasteiger partial charge in [-0.1, -0.05) is 0 Å². The van der Waals surface area contributed by atoms with Crippen LogP contribution in [0.2, 0.25) is 0 Å². The smallest absolute Gasteiger partial charge is 0.111 e. The van der Waals surface area contributed by atoms with Gasteiger partial charge in [-0.05, 0) is 6.08 Å². The number of allylic oxidation sites excluding steroid dienone is 1. The van der Waals surface area contributed by atoms with Gasteiger partial charge in [0.1, 0.15) is 5.82 Å². The Morgan fingerprint density at radius 2 is 2.62 bits per heavy atom. The van der Waals surface area contributed by atoms with E-state index in [1.807, 2.05) is 12.3 Å². The zero-order chi connectivity index (χ0) is 9.10. The van der Waals surface area contributed by atoms with E-state index in [0.29, 0.717) is 0 Å². The van der Waals surface area contributed by atoms with Crippen LogP contribution in [0.4, 0.5) is 0 Å². The maximum atomic E-state index is 8.35. The summed E-state index contributed by atoms with van der Waals surface area (Å²) in [5.74, 6) is 1.09. The van der Waals surface area contributed by atoms with Crippen LogP contribution in [0.3, 0.4) is 0 Å². The molecule has 4 heteroatoms. The SMILES string of the molecule is N#C/C=C/c1cn2c(n1)CCNC2. The lowest BCUT2D eigenvalue weighted by Crippen LogP contribution is -2.28. The third-order valence-electron chi connectivity index (χ3n) is 2.01. The second-order valence-corrected chi connectivity index (χ2v) is 2.92. The molecule has 0 fully saturated rings. The minimum absolute atomic E-state index is 0.822. The fourth-order valence-electron chi connectivity index (χ4n) is 1.42. The molecule has 66 valence electrons. The summed E-state index contributed by atoms with van der Waals surface area (Å²) in [6, 6.07) is 1.95. The maximum absolute atomic E-state index is 8.35. The predicted octanol–water partition coefficient (Wildman–Crippen LogP) is 0.523. The Bertz CT molecular complexity index is 346. The number of aromatic nitrogens is 2. The summed E-state index contributed by atoms with van der Waals surface area (Å²) < 4.78 is 2.07. The number of hydrogen-bond donors (Lipinski definition) is 1. The van der Waals surface area contributed by atoms with Gasteiger partial charge in [0.2, 0.25) is 0 Å². The second kappa shape index (κ2) is 3.42. The van der Waals surface area contributed by atoms with Crippen molar-refractivity contribution in [3.05, 3.63) is 23.8 Å². The minimum Gasteiger partial charge on any atom is -0.321 e. The zero-order valence-electron chi connectivity index (χ0n) is 7.20. The fourth-order valence-corrected chi connectivity index (χ4v) is 1.42. The molecule has 0 aromatic carbocycles. The van der Waals surface area contributed by atoms with Crippen LogP contribution in [0.15, 0.2) is 12.3 Å². The number of nitrogens with zero attached hydrogens (tertiary/aromatic N) is 3. The molecule has 0 atom stereocenters. The maximum Gasteiger partial charge on any atom is 0.111 e. The van der Waals surface area contributed by atoms with Crippen molar-refractivity contribution in [3.63, 3.8) is 0 Å². The third-order valence-corrected chi connectivity index (χ3v) is 2.01. The van der Waals surface area contributed by atoms with Gasteiger partial charge in [0, 0.05) is 25.2 Å². The summed E-state index contributed by atoms with van der Waals surface area (Å²) >= 11 is 0. The molecule has 1 aromatic rings. The molecule has 0 bridgehead atoms. The molecule has 0 unspecified atom stereocenters. The Morgan fingerprint density at radius 3 is 3.38 bits per heavy atom. The molecule has 0 saturated carbocycles. The van der Waals surface area contributed by atoms with E-state index in [0.717, 1.165) is 31.2 Å². The van der Waals surface area contributed by atoms with Crippen LogP contribution >= 0.6 is 0 Å². The zero-order valence-corrected chi connectivity index (χ0v) is 7.20. The average Bonchev–Trinajstić information content (AvgIpc) is 2.57. The summed E-state index contributed by atoms with van der Waals surface area (Å²) in [5.41, 5.74) is 0.861. The molecule has 1 aliphatic rings. The van der Waals surface area contributed by atoms with Crippen molar-refractivity contribution in [1.29, 1.82) is 5.26 Å². The summed E-state index contributed by atoms with van der Waals surface area (Å²) in [7, 11) is 0. The first-order valence-corrected chi connectivity index (χ1v) is 4.23. The quantitative estimate of drug-likeness (QED) is 0.631. The largest absolute Gasteiger partial charge is 0.321 e. The summed E-state index contributed by atoms with van der Waals surface area (Å²) in [6.45, 7) is 1.81. The van der Waals surface area contributed by atoms with Crippen LogP contribution in [0.1, 0.15) is 11.5 Å². The first-order valence-electron chi connectivity index (χ1n) is 4.23. The molecule has 1 aromatic heterocycles. The highest BCUT2D eigenvalue weighted by Gasteiger charge is 2.09. The van der Waals surface area contributed by atoms with Gasteiger partial charge in [0.15, 0.2) is 0 Å². The fraction of sp³-hybridized carbons (Fsp3) is 0.333. The minimum atomic E-state index is 0.822. The van der Waals surface area contributed by atoms with E-state index in [4.69, 9.17) is 5.26 Å². The highest BCUT2D eigenvalue weighted by Crippen LogP contribution is 2.07. The molecule has 0 amide bonds. The Morgan fingerprint density at radius 1 is 1.69 bits per heavy atom. The number of fused-ring (bicyclic) bond motifs is 1. The number of hydrogen-bond acceptors (Lipinski definition) is 3. The topological polar surface area (TPSA) is 53.6 Å². The second-order valence-electron chi connectivity index (χ2n) is 2.92. The molecule has 0 saturated heterocycles. The van der Waals surface area contributed by atoms with Gasteiger partial charge in [-0.25, -0.2) is 4.98 Å². The molecule has 1 N–H and O–H groups in total. The van der Waals surface area contributed by atoms with E-state index in [2.05, 4.69) is 14.9 Å². The molecular weight excluding hydrogens is 164 g/mol. The Kier molecular flexibility index (Phi) is 2.11. The predicted molar refractivity (Wildman–Crippen MR) is 48.6 cm³/mol. The normalized spacial score (nSPS) is 15.6. The summed E-state index contributed by atoms with van der Waals surface area (Å²) in [5, 5.41) is 11.6. The highest BCUT2D eigenvalue weighted by atomic mass is 15.2. The molecular formula is C9H10N4. The van der Waals surface area contributed by atoms with Crippen LogP contribution < -0.4 is 5.32 Å². The lowest BCUT2D eigenvalue weighted by Gasteiger charge is -2.13. The molecule has 1 aliphatic heterocycles. The van der Waals surface area contributed by atoms with E-state index in [9.17, 15) is 0 Å². The van der Waals surface area contributed by atoms with Crippen LogP contribution in [-0.4, -0.2) is 16.1 Å². The van der Waals surface area contributed by atoms with Crippen molar-refractivity contribution in [2.24, 2.45) is 0 Å². The summed E-state index contributed by atoms with van der Waals surface area (Å²) in [6.07, 6.45) is 6.09. The molecule has 0 aliphatic carbocycles. The molecule has 0 spiro atoms. The molecule has 2 rings (SSSR count). The van der Waals surface area contributed by atoms with E-state index < -0.39 is 0 Å². The number of nitriles is 1. The number of nitrogens with one attached hydrogen (secondary N) is 1. The summed E-state index contributed by atoms with van der Waals surface area (Å²) in [4.78, 5) is 4.37. The van der Waals surface area contributed by atoms with Crippen LogP contribution in [0.5, 0.6) is 0 Å². The van der Waals surface area contributed by atoms with Gasteiger partial charge >= 0.3 is 0 Å². The van der Waals surface area contributed by atoms with E-state index in [1.165, 1.54) is 6.08 Å². The van der Waals surface area contributed by atoms with Crippen molar-refractivity contribution in [2.45, 2.75) is 13.1 Å². The third kappa shape index (κ3) is 1.60. The number of imidazole rings is 1. The van der Waals surface area contributed by atoms with E-state index in [1.54, 1.807) is 6.08 Å². The van der Waals surface area contributed by atoms with Gasteiger partial charge in [-0.2, -0.15) is 5.26 Å². The van der Waals surface area contributed by atoms with Crippen molar-refractivity contribution in [2.75, 3.05) is 6.54 Å². The molecule has 13 heavy (non-hydrogen) atoms. The van der Waals surface area contributed by atoms with Crippen molar-refractivity contribution < 1.29 is 0 Å². The van der Waals surface area contributed by atoms with Crippen LogP contribution in [0, 0.1) is 11.3 Å². The van der Waals surface area contributed by atoms with E-state index in [-0.39, 0.29) is 0 Å². The molecule has 4 nitrogen and oxygen atoms in total. The molecule has 2 heterocycles. The van der Waals surface area contributed by atoms with Gasteiger partial charge < -0.3 is 4.57 Å². The Labute approximate surface area is 76.5 Å². The lowest BCUT2D eigenvalue weighted by molar-refractivity contribution is 0.487. The molecule has 0 radical (unpaired) electrons. The Balaban J connectivity index is 2.26. The van der Waals surface area contributed by atoms with E-state index >= 15 is 0 Å². The van der Waals surface area contributed by atoms with Crippen LogP contribution in [0.25, 0.3) is 6.08 Å². The number of rotatable bonds is 1. The van der Waals surface area contributed by atoms with Crippen molar-refractivity contribution in [1.82, 2.24) is 14.9 Å². The highest BCUT2D eigenvalue weighted by molar-refractivity contribution is 5.47. The lowest BCUT2D eigenvalue weighted by atomic mass is 10.3. The van der Waals surface area contributed by atoms with Crippen molar-refractivity contribution in [3.8, 4) is 6.07 Å². The first kappa shape index (κ1) is 8.02. The van der Waals surface area contributed by atoms with Gasteiger partial charge in [-0.15, -0.1) is 0 Å². The van der Waals surface area contributed by atoms with Crippen LogP contribution in [-0.2, 0) is 13.1 Å². The standard InChI is InChI=1S/C9H10N4/c10-4-1-2-8-6-13-7-11-5-3-9(13)12-8/h1-2,6,11H,3,5,7H2/b2-1+.